The fourth-order valence-corrected chi connectivity index (χ4v) is 4.48. The number of ether oxygens (including phenoxy) is 1. The number of benzene rings is 1. The zero-order chi connectivity index (χ0) is 17.3. The average Bonchev–Trinajstić information content (AvgIpc) is 3.02. The van der Waals surface area contributed by atoms with Gasteiger partial charge in [0.25, 0.3) is 0 Å². The molecule has 0 aliphatic carbocycles. The Morgan fingerprint density at radius 2 is 2.08 bits per heavy atom. The zero-order valence-electron chi connectivity index (χ0n) is 13.9. The topological polar surface area (TPSA) is 77.4 Å². The molecule has 2 heterocycles. The highest BCUT2D eigenvalue weighted by atomic mass is 32.2. The molecule has 130 valence electrons. The fraction of sp³-hybridized carbons (Fsp3) is 0.471. The van der Waals surface area contributed by atoms with E-state index >= 15 is 0 Å². The minimum atomic E-state index is -3.69. The van der Waals surface area contributed by atoms with Crippen LogP contribution in [0.4, 0.5) is 0 Å². The van der Waals surface area contributed by atoms with Crippen molar-refractivity contribution in [3.05, 3.63) is 36.0 Å². The molecule has 1 aliphatic rings. The van der Waals surface area contributed by atoms with E-state index < -0.39 is 15.9 Å². The van der Waals surface area contributed by atoms with Crippen LogP contribution in [-0.2, 0) is 33.0 Å². The van der Waals surface area contributed by atoms with Crippen LogP contribution < -0.4 is 4.72 Å². The Bertz CT molecular complexity index is 857. The van der Waals surface area contributed by atoms with E-state index in [1.807, 2.05) is 49.0 Å². The van der Waals surface area contributed by atoms with Gasteiger partial charge in [-0.25, -0.2) is 8.42 Å². The molecule has 2 aromatic rings. The number of sulfonamides is 1. The second-order valence-electron chi connectivity index (χ2n) is 6.41. The first-order valence-corrected chi connectivity index (χ1v) is 9.71. The minimum absolute atomic E-state index is 0.0303. The number of carbonyl (C=O) groups is 1. The highest BCUT2D eigenvalue weighted by molar-refractivity contribution is 7.90. The molecule has 0 saturated carbocycles. The molecule has 0 bridgehead atoms. The molecule has 1 aromatic heterocycles. The largest absolute Gasteiger partial charge is 0.374 e. The van der Waals surface area contributed by atoms with Gasteiger partial charge in [0.2, 0.25) is 15.9 Å². The summed E-state index contributed by atoms with van der Waals surface area (Å²) in [4.78, 5) is 12.2. The molecular weight excluding hydrogens is 328 g/mol. The molecule has 24 heavy (non-hydrogen) atoms. The lowest BCUT2D eigenvalue weighted by Crippen LogP contribution is -2.37. The number of hydrogen-bond donors (Lipinski definition) is 1. The molecule has 1 aromatic carbocycles. The van der Waals surface area contributed by atoms with Crippen LogP contribution in [0.15, 0.2) is 30.5 Å². The van der Waals surface area contributed by atoms with Gasteiger partial charge in [-0.2, -0.15) is 0 Å². The molecule has 1 aliphatic heterocycles. The standard InChI is InChI=1S/C17H22N2O4S/c1-12-7-8-14(23-12)11-24(21,22)18-17(20)9-13-10-19(2)16-6-4-3-5-15(13)16/h3-6,10,12,14H,7-9,11H2,1-2H3,(H,18,20). The van der Waals surface area contributed by atoms with Crippen LogP contribution in [0.3, 0.4) is 0 Å². The van der Waals surface area contributed by atoms with Gasteiger partial charge in [0.15, 0.2) is 0 Å². The number of rotatable bonds is 5. The smallest absolute Gasteiger partial charge is 0.237 e. The molecule has 2 atom stereocenters. The molecule has 1 N–H and O–H groups in total. The maximum Gasteiger partial charge on any atom is 0.237 e. The number of aromatic nitrogens is 1. The van der Waals surface area contributed by atoms with Crippen LogP contribution in [0.25, 0.3) is 10.9 Å². The third kappa shape index (κ3) is 3.79. The average molecular weight is 350 g/mol. The van der Waals surface area contributed by atoms with E-state index in [1.54, 1.807) is 0 Å². The number of para-hydroxylation sites is 1. The molecule has 2 unspecified atom stereocenters. The van der Waals surface area contributed by atoms with Gasteiger partial charge in [0, 0.05) is 24.1 Å². The number of nitrogens with one attached hydrogen (secondary N) is 1. The lowest BCUT2D eigenvalue weighted by molar-refractivity contribution is -0.118. The van der Waals surface area contributed by atoms with E-state index in [-0.39, 0.29) is 24.4 Å². The molecule has 1 amide bonds. The molecule has 7 heteroatoms. The number of fused-ring (bicyclic) bond motifs is 1. The maximum absolute atomic E-state index is 12.2. The zero-order valence-corrected chi connectivity index (χ0v) is 14.7. The molecular formula is C17H22N2O4S. The van der Waals surface area contributed by atoms with E-state index in [0.29, 0.717) is 6.42 Å². The first-order valence-electron chi connectivity index (χ1n) is 8.06. The monoisotopic (exact) mass is 350 g/mol. The number of aryl methyl sites for hydroxylation is 1. The lowest BCUT2D eigenvalue weighted by Gasteiger charge is -2.12. The first-order chi connectivity index (χ1) is 11.3. The van der Waals surface area contributed by atoms with Crippen molar-refractivity contribution in [2.24, 2.45) is 7.05 Å². The second-order valence-corrected chi connectivity index (χ2v) is 8.18. The third-order valence-electron chi connectivity index (χ3n) is 4.33. The van der Waals surface area contributed by atoms with Gasteiger partial charge in [-0.15, -0.1) is 0 Å². The van der Waals surface area contributed by atoms with E-state index in [0.717, 1.165) is 22.9 Å². The van der Waals surface area contributed by atoms with Gasteiger partial charge < -0.3 is 9.30 Å². The van der Waals surface area contributed by atoms with E-state index in [4.69, 9.17) is 4.74 Å². The molecule has 3 rings (SSSR count). The Hall–Kier alpha value is -1.86. The molecule has 0 radical (unpaired) electrons. The van der Waals surface area contributed by atoms with Crippen molar-refractivity contribution in [3.8, 4) is 0 Å². The number of carbonyl (C=O) groups excluding carboxylic acids is 1. The maximum atomic E-state index is 12.2. The summed E-state index contributed by atoms with van der Waals surface area (Å²) in [5, 5.41) is 0.959. The Morgan fingerprint density at radius 3 is 2.79 bits per heavy atom. The molecule has 1 saturated heterocycles. The van der Waals surface area contributed by atoms with Crippen molar-refractivity contribution in [1.82, 2.24) is 9.29 Å². The second kappa shape index (κ2) is 6.57. The normalized spacial score (nSPS) is 21.2. The summed E-state index contributed by atoms with van der Waals surface area (Å²) >= 11 is 0. The van der Waals surface area contributed by atoms with Crippen molar-refractivity contribution in [2.45, 2.75) is 38.4 Å². The molecule has 1 fully saturated rings. The predicted molar refractivity (Wildman–Crippen MR) is 92.1 cm³/mol. The Morgan fingerprint density at radius 1 is 1.33 bits per heavy atom. The van der Waals surface area contributed by atoms with Gasteiger partial charge in [0.1, 0.15) is 0 Å². The third-order valence-corrected chi connectivity index (χ3v) is 5.67. The van der Waals surface area contributed by atoms with Gasteiger partial charge >= 0.3 is 0 Å². The van der Waals surface area contributed by atoms with Gasteiger partial charge in [-0.1, -0.05) is 18.2 Å². The van der Waals surface area contributed by atoms with Crippen molar-refractivity contribution in [1.29, 1.82) is 0 Å². The van der Waals surface area contributed by atoms with Crippen LogP contribution in [0.5, 0.6) is 0 Å². The summed E-state index contributed by atoms with van der Waals surface area (Å²) in [5.41, 5.74) is 1.82. The van der Waals surface area contributed by atoms with Crippen LogP contribution in [-0.4, -0.2) is 36.9 Å². The van der Waals surface area contributed by atoms with Gasteiger partial charge in [-0.3, -0.25) is 9.52 Å². The van der Waals surface area contributed by atoms with Crippen LogP contribution >= 0.6 is 0 Å². The first kappa shape index (κ1) is 17.0. The van der Waals surface area contributed by atoms with E-state index in [2.05, 4.69) is 4.72 Å². The summed E-state index contributed by atoms with van der Waals surface area (Å²) in [6, 6.07) is 7.73. The number of nitrogens with zero attached hydrogens (tertiary/aromatic N) is 1. The van der Waals surface area contributed by atoms with Crippen molar-refractivity contribution in [3.63, 3.8) is 0 Å². The van der Waals surface area contributed by atoms with Crippen LogP contribution in [0, 0.1) is 0 Å². The SMILES string of the molecule is CC1CCC(CS(=O)(=O)NC(=O)Cc2cn(C)c3ccccc23)O1. The van der Waals surface area contributed by atoms with Crippen LogP contribution in [0.1, 0.15) is 25.3 Å². The van der Waals surface area contributed by atoms with Crippen LogP contribution in [0.2, 0.25) is 0 Å². The summed E-state index contributed by atoms with van der Waals surface area (Å²) in [6.07, 6.45) is 3.20. The number of hydrogen-bond acceptors (Lipinski definition) is 4. The predicted octanol–water partition coefficient (Wildman–Crippen LogP) is 1.73. The Balaban J connectivity index is 1.66. The van der Waals surface area contributed by atoms with Crippen molar-refractivity contribution < 1.29 is 17.9 Å². The van der Waals surface area contributed by atoms with E-state index in [1.165, 1.54) is 0 Å². The van der Waals surface area contributed by atoms with Gasteiger partial charge in [0.05, 0.1) is 24.4 Å². The minimum Gasteiger partial charge on any atom is -0.374 e. The molecule has 0 spiro atoms. The Kier molecular flexibility index (Phi) is 4.64. The van der Waals surface area contributed by atoms with E-state index in [9.17, 15) is 13.2 Å². The number of amides is 1. The van der Waals surface area contributed by atoms with Gasteiger partial charge in [-0.05, 0) is 31.4 Å². The lowest BCUT2D eigenvalue weighted by atomic mass is 10.1. The Labute approximate surface area is 141 Å². The highest BCUT2D eigenvalue weighted by Crippen LogP contribution is 2.21. The van der Waals surface area contributed by atoms with Crippen molar-refractivity contribution >= 4 is 26.8 Å². The fourth-order valence-electron chi connectivity index (χ4n) is 3.24. The summed E-state index contributed by atoms with van der Waals surface area (Å²) in [7, 11) is -1.78. The summed E-state index contributed by atoms with van der Waals surface area (Å²) < 4.78 is 33.9. The highest BCUT2D eigenvalue weighted by Gasteiger charge is 2.28. The molecule has 6 nitrogen and oxygen atoms in total. The summed E-state index contributed by atoms with van der Waals surface area (Å²) in [6.45, 7) is 1.92. The van der Waals surface area contributed by atoms with Crippen molar-refractivity contribution in [2.75, 3.05) is 5.75 Å². The summed E-state index contributed by atoms with van der Waals surface area (Å²) in [5.74, 6) is -0.684. The quantitative estimate of drug-likeness (QED) is 0.891.